The summed E-state index contributed by atoms with van der Waals surface area (Å²) in [5, 5.41) is 0. The molecule has 0 saturated heterocycles. The molecule has 1 aromatic heterocycles. The molecule has 2 aromatic rings. The van der Waals surface area contributed by atoms with E-state index >= 15 is 0 Å². The van der Waals surface area contributed by atoms with Crippen molar-refractivity contribution in [3.8, 4) is 0 Å². The number of Topliss-reactive ketones (excluding diaryl/α,β-unsaturated/α-hetero) is 1. The van der Waals surface area contributed by atoms with Crippen LogP contribution in [0.2, 0.25) is 0 Å². The predicted molar refractivity (Wildman–Crippen MR) is 87.9 cm³/mol. The first-order valence-corrected chi connectivity index (χ1v) is 7.62. The fourth-order valence-corrected chi connectivity index (χ4v) is 2.63. The molecule has 0 bridgehead atoms. The number of ketones is 1. The van der Waals surface area contributed by atoms with Crippen LogP contribution in [0.25, 0.3) is 12.2 Å². The second kappa shape index (κ2) is 5.82. The van der Waals surface area contributed by atoms with Gasteiger partial charge in [0.2, 0.25) is 0 Å². The second-order valence-electron chi connectivity index (χ2n) is 6.04. The summed E-state index contributed by atoms with van der Waals surface area (Å²) >= 11 is 1.31. The van der Waals surface area contributed by atoms with Crippen LogP contribution in [0, 0.1) is 12.3 Å². The van der Waals surface area contributed by atoms with E-state index in [9.17, 15) is 9.59 Å². The van der Waals surface area contributed by atoms with E-state index in [1.54, 1.807) is 0 Å². The van der Waals surface area contributed by atoms with Gasteiger partial charge in [-0.2, -0.15) is 0 Å². The maximum absolute atomic E-state index is 12.0. The molecule has 21 heavy (non-hydrogen) atoms. The molecule has 1 aromatic carbocycles. The zero-order valence-electron chi connectivity index (χ0n) is 12.7. The Labute approximate surface area is 127 Å². The van der Waals surface area contributed by atoms with Crippen molar-refractivity contribution < 1.29 is 4.79 Å². The maximum Gasteiger partial charge on any atom is 0.266 e. The zero-order valence-corrected chi connectivity index (χ0v) is 13.5. The van der Waals surface area contributed by atoms with Gasteiger partial charge in [-0.05, 0) is 24.1 Å². The summed E-state index contributed by atoms with van der Waals surface area (Å²) in [6.07, 6.45) is 3.37. The van der Waals surface area contributed by atoms with Gasteiger partial charge in [-0.1, -0.05) is 45.0 Å². The molecule has 3 nitrogen and oxygen atoms in total. The molecule has 4 heteroatoms. The van der Waals surface area contributed by atoms with Gasteiger partial charge in [0, 0.05) is 11.5 Å². The molecular formula is C17H19NO2S. The summed E-state index contributed by atoms with van der Waals surface area (Å²) in [7, 11) is 0. The fraction of sp³-hybridized carbons (Fsp3) is 0.294. The number of thiazole rings is 1. The van der Waals surface area contributed by atoms with Crippen molar-refractivity contribution in [1.82, 2.24) is 4.98 Å². The average molecular weight is 301 g/mol. The van der Waals surface area contributed by atoms with E-state index in [1.165, 1.54) is 17.4 Å². The van der Waals surface area contributed by atoms with E-state index in [2.05, 4.69) is 4.98 Å². The quantitative estimate of drug-likeness (QED) is 0.922. The van der Waals surface area contributed by atoms with Gasteiger partial charge in [0.05, 0.1) is 9.20 Å². The smallest absolute Gasteiger partial charge is 0.266 e. The fourth-order valence-electron chi connectivity index (χ4n) is 1.75. The number of hydrogen-bond acceptors (Lipinski definition) is 3. The molecule has 0 amide bonds. The van der Waals surface area contributed by atoms with E-state index in [0.717, 1.165) is 11.1 Å². The molecule has 0 aliphatic rings. The number of nitrogens with one attached hydrogen (secondary N) is 1. The van der Waals surface area contributed by atoms with Crippen molar-refractivity contribution in [2.75, 3.05) is 0 Å². The summed E-state index contributed by atoms with van der Waals surface area (Å²) in [5.41, 5.74) is 1.53. The number of aromatic amines is 1. The van der Waals surface area contributed by atoms with Crippen LogP contribution in [0.3, 0.4) is 0 Å². The average Bonchev–Trinajstić information content (AvgIpc) is 2.71. The predicted octanol–water partition coefficient (Wildman–Crippen LogP) is 1.97. The number of carbonyl (C=O) groups is 1. The number of aromatic nitrogens is 1. The van der Waals surface area contributed by atoms with Gasteiger partial charge in [0.25, 0.3) is 5.56 Å². The molecule has 0 radical (unpaired) electrons. The highest BCUT2D eigenvalue weighted by Gasteiger charge is 2.18. The van der Waals surface area contributed by atoms with E-state index in [-0.39, 0.29) is 11.3 Å². The molecule has 0 saturated carbocycles. The molecular weight excluding hydrogens is 282 g/mol. The number of benzene rings is 1. The van der Waals surface area contributed by atoms with Gasteiger partial charge in [0.15, 0.2) is 5.78 Å². The first-order chi connectivity index (χ1) is 9.77. The first-order valence-electron chi connectivity index (χ1n) is 6.80. The van der Waals surface area contributed by atoms with Crippen molar-refractivity contribution >= 4 is 29.3 Å². The number of aryl methyl sites for hydroxylation is 1. The number of rotatable bonds is 2. The highest BCUT2D eigenvalue weighted by Crippen LogP contribution is 2.14. The summed E-state index contributed by atoms with van der Waals surface area (Å²) in [6, 6.07) is 7.88. The van der Waals surface area contributed by atoms with Crippen molar-refractivity contribution in [2.24, 2.45) is 5.41 Å². The van der Waals surface area contributed by atoms with Gasteiger partial charge in [-0.25, -0.2) is 0 Å². The van der Waals surface area contributed by atoms with Gasteiger partial charge in [-0.15, -0.1) is 11.3 Å². The lowest BCUT2D eigenvalue weighted by Crippen LogP contribution is -2.22. The molecule has 0 spiro atoms. The number of hydrogen-bond donors (Lipinski definition) is 1. The van der Waals surface area contributed by atoms with E-state index in [4.69, 9.17) is 0 Å². The van der Waals surface area contributed by atoms with Crippen LogP contribution in [0.15, 0.2) is 29.1 Å². The van der Waals surface area contributed by atoms with Crippen LogP contribution in [0.1, 0.15) is 31.9 Å². The molecule has 0 aliphatic heterocycles. The Hall–Kier alpha value is -1.94. The summed E-state index contributed by atoms with van der Waals surface area (Å²) < 4.78 is 1.21. The monoisotopic (exact) mass is 301 g/mol. The highest BCUT2D eigenvalue weighted by molar-refractivity contribution is 7.07. The minimum absolute atomic E-state index is 0.00226. The van der Waals surface area contributed by atoms with Crippen LogP contribution >= 0.6 is 11.3 Å². The van der Waals surface area contributed by atoms with Gasteiger partial charge >= 0.3 is 0 Å². The van der Waals surface area contributed by atoms with E-state index in [0.29, 0.717) is 9.20 Å². The molecule has 0 atom stereocenters. The zero-order chi connectivity index (χ0) is 15.6. The third-order valence-corrected chi connectivity index (χ3v) is 4.12. The molecule has 0 unspecified atom stereocenters. The van der Waals surface area contributed by atoms with E-state index < -0.39 is 5.41 Å². The normalized spacial score (nSPS) is 13.7. The molecule has 1 heterocycles. The standard InChI is InChI=1S/C17H19NO2S/c1-11-7-5-6-8-12(11)9-13-16(20)18-15(21-13)10-14(19)17(2,3)4/h5-10H,1-4H3,(H,18,20)/b13-9-,15-10+. The lowest BCUT2D eigenvalue weighted by Gasteiger charge is -2.12. The van der Waals surface area contributed by atoms with Crippen LogP contribution in [0.4, 0.5) is 0 Å². The van der Waals surface area contributed by atoms with E-state index in [1.807, 2.05) is 58.0 Å². The van der Waals surface area contributed by atoms with Crippen molar-refractivity contribution in [2.45, 2.75) is 27.7 Å². The second-order valence-corrected chi connectivity index (χ2v) is 7.13. The highest BCUT2D eigenvalue weighted by atomic mass is 32.1. The minimum Gasteiger partial charge on any atom is -0.313 e. The topological polar surface area (TPSA) is 49.9 Å². The van der Waals surface area contributed by atoms with Gasteiger partial charge in [0.1, 0.15) is 0 Å². The Bertz CT molecular complexity index is 835. The first kappa shape index (κ1) is 15.4. The Morgan fingerprint density at radius 3 is 2.52 bits per heavy atom. The Kier molecular flexibility index (Phi) is 4.28. The lowest BCUT2D eigenvalue weighted by molar-refractivity contribution is -0.119. The van der Waals surface area contributed by atoms with Crippen LogP contribution in [-0.2, 0) is 4.79 Å². The third-order valence-electron chi connectivity index (χ3n) is 3.16. The van der Waals surface area contributed by atoms with Gasteiger partial charge in [-0.3, -0.25) is 9.59 Å². The van der Waals surface area contributed by atoms with Gasteiger partial charge < -0.3 is 4.98 Å². The summed E-state index contributed by atoms with van der Waals surface area (Å²) in [4.78, 5) is 26.7. The molecule has 2 rings (SSSR count). The summed E-state index contributed by atoms with van der Waals surface area (Å²) in [6.45, 7) is 7.58. The maximum atomic E-state index is 12.0. The third kappa shape index (κ3) is 3.79. The molecule has 0 fully saturated rings. The number of H-pyrrole nitrogens is 1. The van der Waals surface area contributed by atoms with Crippen molar-refractivity contribution in [3.05, 3.63) is 54.9 Å². The Morgan fingerprint density at radius 2 is 1.90 bits per heavy atom. The molecule has 0 aliphatic carbocycles. The van der Waals surface area contributed by atoms with Crippen LogP contribution in [-0.4, -0.2) is 10.8 Å². The number of carbonyl (C=O) groups excluding carboxylic acids is 1. The lowest BCUT2D eigenvalue weighted by atomic mass is 9.91. The Morgan fingerprint density at radius 1 is 1.24 bits per heavy atom. The SMILES string of the molecule is Cc1ccccc1/C=c1\s/c(=C/C(=O)C(C)(C)C)[nH]c1=O. The minimum atomic E-state index is -0.444. The molecule has 1 N–H and O–H groups in total. The largest absolute Gasteiger partial charge is 0.313 e. The van der Waals surface area contributed by atoms with Crippen LogP contribution < -0.4 is 14.8 Å². The molecule has 110 valence electrons. The van der Waals surface area contributed by atoms with Crippen molar-refractivity contribution in [3.63, 3.8) is 0 Å². The Balaban J connectivity index is 2.51. The van der Waals surface area contributed by atoms with Crippen LogP contribution in [0.5, 0.6) is 0 Å². The van der Waals surface area contributed by atoms with Crippen molar-refractivity contribution in [1.29, 1.82) is 0 Å². The summed E-state index contributed by atoms with van der Waals surface area (Å²) in [5.74, 6) is 0.00226.